The molecule has 0 unspecified atom stereocenters. The molecular formula is C28H20Cl3NO4. The van der Waals surface area contributed by atoms with Crippen molar-refractivity contribution in [3.05, 3.63) is 106 Å². The lowest BCUT2D eigenvalue weighted by Gasteiger charge is -2.54. The Morgan fingerprint density at radius 3 is 1.67 bits per heavy atom. The largest absolute Gasteiger partial charge is 0.459 e. The molecule has 8 heteroatoms. The number of benzene rings is 3. The number of ether oxygens (including phenoxy) is 1. The van der Waals surface area contributed by atoms with Crippen LogP contribution in [0.25, 0.3) is 0 Å². The normalized spacial score (nSPS) is 28.4. The number of alkyl halides is 2. The molecule has 0 spiro atoms. The van der Waals surface area contributed by atoms with Crippen molar-refractivity contribution in [2.24, 2.45) is 11.8 Å². The summed E-state index contributed by atoms with van der Waals surface area (Å²) < 4.78 is 5.44. The zero-order valence-corrected chi connectivity index (χ0v) is 21.3. The van der Waals surface area contributed by atoms with Gasteiger partial charge in [0.2, 0.25) is 11.8 Å². The Hall–Kier alpha value is -2.86. The van der Waals surface area contributed by atoms with Gasteiger partial charge < -0.3 is 4.74 Å². The van der Waals surface area contributed by atoms with Crippen LogP contribution in [0.5, 0.6) is 0 Å². The van der Waals surface area contributed by atoms with Gasteiger partial charge in [0.05, 0.1) is 11.8 Å². The number of hydrogen-bond acceptors (Lipinski definition) is 4. The van der Waals surface area contributed by atoms with E-state index < -0.39 is 45.4 Å². The van der Waals surface area contributed by atoms with E-state index in [4.69, 9.17) is 39.5 Å². The number of imide groups is 1. The molecule has 36 heavy (non-hydrogen) atoms. The minimum Gasteiger partial charge on any atom is -0.459 e. The Labute approximate surface area is 222 Å². The van der Waals surface area contributed by atoms with E-state index in [1.54, 1.807) is 24.3 Å². The van der Waals surface area contributed by atoms with Gasteiger partial charge in [0.1, 0.15) is 22.4 Å². The summed E-state index contributed by atoms with van der Waals surface area (Å²) in [4.78, 5) is 39.2. The summed E-state index contributed by atoms with van der Waals surface area (Å²) in [6.45, 7) is 1.47. The van der Waals surface area contributed by atoms with Crippen molar-refractivity contribution in [3.8, 4) is 0 Å². The molecule has 1 fully saturated rings. The Kier molecular flexibility index (Phi) is 5.28. The van der Waals surface area contributed by atoms with Gasteiger partial charge in [0.25, 0.3) is 0 Å². The van der Waals surface area contributed by atoms with Gasteiger partial charge in [0.15, 0.2) is 0 Å². The highest BCUT2D eigenvalue weighted by atomic mass is 35.5. The highest BCUT2D eigenvalue weighted by Crippen LogP contribution is 2.69. The number of hydrogen-bond donors (Lipinski definition) is 0. The number of carbonyl (C=O) groups excluding carboxylic acids is 3. The lowest BCUT2D eigenvalue weighted by Crippen LogP contribution is -2.57. The highest BCUT2D eigenvalue weighted by molar-refractivity contribution is 6.36. The van der Waals surface area contributed by atoms with Gasteiger partial charge in [-0.25, -0.2) is 4.79 Å². The first-order valence-electron chi connectivity index (χ1n) is 11.6. The van der Waals surface area contributed by atoms with Gasteiger partial charge in [-0.3, -0.25) is 14.5 Å². The van der Waals surface area contributed by atoms with Gasteiger partial charge in [0, 0.05) is 5.02 Å². The molecule has 1 saturated heterocycles. The molecule has 0 radical (unpaired) electrons. The lowest BCUT2D eigenvalue weighted by molar-refractivity contribution is -0.159. The van der Waals surface area contributed by atoms with E-state index in [0.717, 1.165) is 10.5 Å². The quantitative estimate of drug-likeness (QED) is 0.254. The molecule has 3 atom stereocenters. The van der Waals surface area contributed by atoms with E-state index in [-0.39, 0.29) is 6.61 Å². The third kappa shape index (κ3) is 2.94. The second kappa shape index (κ2) is 8.07. The molecule has 2 amide bonds. The maximum Gasteiger partial charge on any atom is 0.329 e. The molecule has 0 aromatic heterocycles. The average molecular weight is 541 g/mol. The first-order chi connectivity index (χ1) is 17.2. The number of amides is 2. The van der Waals surface area contributed by atoms with Gasteiger partial charge >= 0.3 is 5.97 Å². The smallest absolute Gasteiger partial charge is 0.329 e. The van der Waals surface area contributed by atoms with Crippen LogP contribution in [-0.2, 0) is 35.5 Å². The standard InChI is InChI=1S/C28H20Cl3NO4/c1-15(26(35)36-14-16-10-12-17(29)13-11-16)32-24(33)22-23(25(32)34)28(31)19-7-3-2-6-18(19)27(22,30)20-8-4-5-9-21(20)28/h2-13,15,22-23H,14H2,1H3/t15-,22+,23+,27?,28?/m1/s1. The third-order valence-electron chi connectivity index (χ3n) is 7.64. The van der Waals surface area contributed by atoms with Crippen LogP contribution in [0.2, 0.25) is 5.02 Å². The molecule has 3 aliphatic carbocycles. The summed E-state index contributed by atoms with van der Waals surface area (Å²) in [5.41, 5.74) is 3.58. The first kappa shape index (κ1) is 23.5. The van der Waals surface area contributed by atoms with Gasteiger partial charge in [-0.05, 0) is 46.9 Å². The highest BCUT2D eigenvalue weighted by Gasteiger charge is 2.73. The fraction of sp³-hybridized carbons (Fsp3) is 0.250. The second-order valence-corrected chi connectivity index (χ2v) is 11.1. The predicted molar refractivity (Wildman–Crippen MR) is 136 cm³/mol. The Bertz CT molecular complexity index is 1320. The molecule has 3 aromatic rings. The van der Waals surface area contributed by atoms with Crippen molar-refractivity contribution < 1.29 is 19.1 Å². The fourth-order valence-electron chi connectivity index (χ4n) is 6.03. The van der Waals surface area contributed by atoms with Crippen molar-refractivity contribution >= 4 is 52.6 Å². The summed E-state index contributed by atoms with van der Waals surface area (Å²) in [5.74, 6) is -3.66. The topological polar surface area (TPSA) is 63.7 Å². The van der Waals surface area contributed by atoms with Crippen LogP contribution in [0, 0.1) is 11.8 Å². The zero-order valence-electron chi connectivity index (χ0n) is 19.1. The summed E-state index contributed by atoms with van der Waals surface area (Å²) in [6, 6.07) is 20.5. The maximum absolute atomic E-state index is 13.9. The van der Waals surface area contributed by atoms with Crippen LogP contribution in [-0.4, -0.2) is 28.7 Å². The number of carbonyl (C=O) groups is 3. The van der Waals surface area contributed by atoms with E-state index in [2.05, 4.69) is 0 Å². The second-order valence-electron chi connectivity index (χ2n) is 9.43. The van der Waals surface area contributed by atoms with Crippen molar-refractivity contribution in [2.45, 2.75) is 29.3 Å². The summed E-state index contributed by atoms with van der Waals surface area (Å²) >= 11 is 20.7. The minimum absolute atomic E-state index is 0.0147. The van der Waals surface area contributed by atoms with Gasteiger partial charge in [-0.2, -0.15) is 0 Å². The Morgan fingerprint density at radius 2 is 1.25 bits per heavy atom. The number of esters is 1. The minimum atomic E-state index is -1.29. The third-order valence-corrected chi connectivity index (χ3v) is 9.18. The Morgan fingerprint density at radius 1 is 0.833 bits per heavy atom. The maximum atomic E-state index is 13.9. The van der Waals surface area contributed by atoms with Gasteiger partial charge in [-0.1, -0.05) is 72.3 Å². The molecular weight excluding hydrogens is 521 g/mol. The summed E-state index contributed by atoms with van der Waals surface area (Å²) in [6.07, 6.45) is 0. The van der Waals surface area contributed by atoms with Crippen molar-refractivity contribution in [1.29, 1.82) is 0 Å². The van der Waals surface area contributed by atoms with E-state index >= 15 is 0 Å². The molecule has 0 saturated carbocycles. The average Bonchev–Trinajstić information content (AvgIpc) is 3.17. The SMILES string of the molecule is C[C@H](C(=O)OCc1ccc(Cl)cc1)N1C(=O)[C@@H]2[C@@H](C1=O)C1(Cl)c3ccccc3C2(Cl)c2ccccc21. The first-order valence-corrected chi connectivity index (χ1v) is 12.7. The van der Waals surface area contributed by atoms with Crippen LogP contribution >= 0.6 is 34.8 Å². The number of likely N-dealkylation sites (tertiary alicyclic amines) is 1. The summed E-state index contributed by atoms with van der Waals surface area (Å²) in [7, 11) is 0. The monoisotopic (exact) mass is 539 g/mol. The van der Waals surface area contributed by atoms with Crippen LogP contribution in [0.1, 0.15) is 34.7 Å². The molecule has 1 heterocycles. The van der Waals surface area contributed by atoms with Crippen LogP contribution in [0.15, 0.2) is 72.8 Å². The molecule has 7 rings (SSSR count). The van der Waals surface area contributed by atoms with Crippen molar-refractivity contribution in [1.82, 2.24) is 4.90 Å². The molecule has 5 nitrogen and oxygen atoms in total. The van der Waals surface area contributed by atoms with Gasteiger partial charge in [-0.15, -0.1) is 23.2 Å². The van der Waals surface area contributed by atoms with Crippen LogP contribution in [0.4, 0.5) is 0 Å². The number of rotatable bonds is 4. The summed E-state index contributed by atoms with van der Waals surface area (Å²) in [5, 5.41) is 0.566. The van der Waals surface area contributed by atoms with E-state index in [0.29, 0.717) is 27.3 Å². The predicted octanol–water partition coefficient (Wildman–Crippen LogP) is 5.36. The molecule has 1 aliphatic heterocycles. The Balaban J connectivity index is 1.38. The van der Waals surface area contributed by atoms with E-state index in [1.807, 2.05) is 48.5 Å². The number of halogens is 3. The number of nitrogens with zero attached hydrogens (tertiary/aromatic N) is 1. The van der Waals surface area contributed by atoms with E-state index in [1.165, 1.54) is 6.92 Å². The van der Waals surface area contributed by atoms with Crippen LogP contribution in [0.3, 0.4) is 0 Å². The molecule has 3 aromatic carbocycles. The lowest BCUT2D eigenvalue weighted by atomic mass is 9.54. The molecule has 0 N–H and O–H groups in total. The van der Waals surface area contributed by atoms with Crippen molar-refractivity contribution in [2.75, 3.05) is 0 Å². The van der Waals surface area contributed by atoms with E-state index in [9.17, 15) is 14.4 Å². The van der Waals surface area contributed by atoms with Crippen LogP contribution < -0.4 is 0 Å². The zero-order chi connectivity index (χ0) is 25.4. The molecule has 2 bridgehead atoms. The fourth-order valence-corrected chi connectivity index (χ4v) is 7.26. The molecule has 4 aliphatic rings. The van der Waals surface area contributed by atoms with Crippen molar-refractivity contribution in [3.63, 3.8) is 0 Å². The molecule has 182 valence electrons.